The Balaban J connectivity index is 1.80. The Bertz CT molecular complexity index is 1020. The van der Waals surface area contributed by atoms with Gasteiger partial charge in [0.25, 0.3) is 11.8 Å². The molecule has 2 aromatic carbocycles. The molecular weight excluding hydrogens is 366 g/mol. The number of benzene rings is 2. The summed E-state index contributed by atoms with van der Waals surface area (Å²) in [4.78, 5) is 31.4. The van der Waals surface area contributed by atoms with Crippen molar-refractivity contribution in [3.8, 4) is 5.75 Å². The van der Waals surface area contributed by atoms with E-state index in [4.69, 9.17) is 4.74 Å². The highest BCUT2D eigenvalue weighted by Crippen LogP contribution is 2.20. The molecule has 6 nitrogen and oxygen atoms in total. The monoisotopic (exact) mass is 389 g/mol. The van der Waals surface area contributed by atoms with E-state index in [9.17, 15) is 9.59 Å². The Morgan fingerprint density at radius 1 is 1.03 bits per heavy atom. The number of aryl methyl sites for hydroxylation is 1. The summed E-state index contributed by atoms with van der Waals surface area (Å²) in [6.07, 6.45) is 2.92. The molecule has 0 aliphatic rings. The molecule has 148 valence electrons. The maximum Gasteiger partial charge on any atom is 0.259 e. The van der Waals surface area contributed by atoms with Gasteiger partial charge in [0.2, 0.25) is 0 Å². The van der Waals surface area contributed by atoms with Gasteiger partial charge in [0, 0.05) is 30.3 Å². The minimum absolute atomic E-state index is 0.204. The van der Waals surface area contributed by atoms with Crippen LogP contribution in [-0.2, 0) is 0 Å². The van der Waals surface area contributed by atoms with E-state index >= 15 is 0 Å². The fourth-order valence-electron chi connectivity index (χ4n) is 2.95. The predicted octanol–water partition coefficient (Wildman–Crippen LogP) is 4.32. The molecule has 2 amide bonds. The lowest BCUT2D eigenvalue weighted by Crippen LogP contribution is -2.31. The van der Waals surface area contributed by atoms with E-state index in [2.05, 4.69) is 10.3 Å². The standard InChI is InChI=1S/C23H23N3O3/c1-4-26(20-7-5-6-16(2)12-20)23(28)18-13-17(14-24-15-18)22(27)25-19-8-10-21(29-3)11-9-19/h5-15H,4H2,1-3H3,(H,25,27). The molecule has 3 aromatic rings. The van der Waals surface area contributed by atoms with Crippen molar-refractivity contribution in [3.05, 3.63) is 83.7 Å². The van der Waals surface area contributed by atoms with E-state index in [1.807, 2.05) is 38.1 Å². The van der Waals surface area contributed by atoms with Gasteiger partial charge in [-0.05, 0) is 61.9 Å². The number of amides is 2. The third-order valence-corrected chi connectivity index (χ3v) is 4.47. The smallest absolute Gasteiger partial charge is 0.259 e. The van der Waals surface area contributed by atoms with Crippen molar-refractivity contribution < 1.29 is 14.3 Å². The molecule has 0 aliphatic carbocycles. The summed E-state index contributed by atoms with van der Waals surface area (Å²) in [6, 6.07) is 16.3. The number of pyridine rings is 1. The third kappa shape index (κ3) is 4.79. The Hall–Kier alpha value is -3.67. The summed E-state index contributed by atoms with van der Waals surface area (Å²) in [5.41, 5.74) is 3.18. The first-order chi connectivity index (χ1) is 14.0. The molecule has 0 unspecified atom stereocenters. The molecule has 0 spiro atoms. The van der Waals surface area contributed by atoms with Crippen LogP contribution in [0.1, 0.15) is 33.2 Å². The number of carbonyl (C=O) groups is 2. The number of hydrogen-bond donors (Lipinski definition) is 1. The normalized spacial score (nSPS) is 10.3. The highest BCUT2D eigenvalue weighted by Gasteiger charge is 2.18. The maximum absolute atomic E-state index is 13.0. The number of methoxy groups -OCH3 is 1. The number of aromatic nitrogens is 1. The van der Waals surface area contributed by atoms with Crippen LogP contribution < -0.4 is 15.0 Å². The summed E-state index contributed by atoms with van der Waals surface area (Å²) in [5, 5.41) is 2.80. The Labute approximate surface area is 170 Å². The van der Waals surface area contributed by atoms with Gasteiger partial charge in [-0.1, -0.05) is 12.1 Å². The second-order valence-electron chi connectivity index (χ2n) is 6.53. The van der Waals surface area contributed by atoms with Gasteiger partial charge < -0.3 is 15.0 Å². The van der Waals surface area contributed by atoms with Gasteiger partial charge in [0.1, 0.15) is 5.75 Å². The SMILES string of the molecule is CCN(C(=O)c1cncc(C(=O)Nc2ccc(OC)cc2)c1)c1cccc(C)c1. The first-order valence-electron chi connectivity index (χ1n) is 9.31. The van der Waals surface area contributed by atoms with E-state index in [0.29, 0.717) is 29.1 Å². The number of carbonyl (C=O) groups excluding carboxylic acids is 2. The largest absolute Gasteiger partial charge is 0.497 e. The lowest BCUT2D eigenvalue weighted by atomic mass is 10.1. The van der Waals surface area contributed by atoms with E-state index in [1.54, 1.807) is 42.3 Å². The number of nitrogens with zero attached hydrogens (tertiary/aromatic N) is 2. The molecular formula is C23H23N3O3. The third-order valence-electron chi connectivity index (χ3n) is 4.47. The number of hydrogen-bond acceptors (Lipinski definition) is 4. The zero-order valence-electron chi connectivity index (χ0n) is 16.7. The van der Waals surface area contributed by atoms with Crippen LogP contribution in [0.3, 0.4) is 0 Å². The summed E-state index contributed by atoms with van der Waals surface area (Å²) in [7, 11) is 1.58. The van der Waals surface area contributed by atoms with Crippen LogP contribution in [0.25, 0.3) is 0 Å². The fourth-order valence-corrected chi connectivity index (χ4v) is 2.95. The van der Waals surface area contributed by atoms with Gasteiger partial charge in [-0.3, -0.25) is 14.6 Å². The van der Waals surface area contributed by atoms with Crippen LogP contribution in [0, 0.1) is 6.92 Å². The molecule has 6 heteroatoms. The second kappa shape index (κ2) is 9.01. The highest BCUT2D eigenvalue weighted by atomic mass is 16.5. The molecule has 0 radical (unpaired) electrons. The zero-order valence-corrected chi connectivity index (χ0v) is 16.7. The van der Waals surface area contributed by atoms with Crippen LogP contribution >= 0.6 is 0 Å². The van der Waals surface area contributed by atoms with Crippen LogP contribution in [-0.4, -0.2) is 30.5 Å². The van der Waals surface area contributed by atoms with Crippen LogP contribution in [0.5, 0.6) is 5.75 Å². The van der Waals surface area contributed by atoms with Gasteiger partial charge in [-0.2, -0.15) is 0 Å². The molecule has 29 heavy (non-hydrogen) atoms. The molecule has 0 bridgehead atoms. The lowest BCUT2D eigenvalue weighted by molar-refractivity contribution is 0.0988. The zero-order chi connectivity index (χ0) is 20.8. The lowest BCUT2D eigenvalue weighted by Gasteiger charge is -2.21. The van der Waals surface area contributed by atoms with Crippen molar-refractivity contribution in [1.29, 1.82) is 0 Å². The van der Waals surface area contributed by atoms with E-state index in [-0.39, 0.29) is 11.8 Å². The Morgan fingerprint density at radius 3 is 2.41 bits per heavy atom. The number of anilines is 2. The van der Waals surface area contributed by atoms with E-state index in [1.165, 1.54) is 12.4 Å². The number of rotatable bonds is 6. The molecule has 3 rings (SSSR count). The first kappa shape index (κ1) is 20.1. The average molecular weight is 389 g/mol. The van der Waals surface area contributed by atoms with Gasteiger partial charge in [0.05, 0.1) is 18.2 Å². The quantitative estimate of drug-likeness (QED) is 0.682. The van der Waals surface area contributed by atoms with E-state index in [0.717, 1.165) is 11.3 Å². The van der Waals surface area contributed by atoms with Crippen molar-refractivity contribution in [3.63, 3.8) is 0 Å². The first-order valence-corrected chi connectivity index (χ1v) is 9.31. The van der Waals surface area contributed by atoms with Gasteiger partial charge in [-0.15, -0.1) is 0 Å². The molecule has 0 aliphatic heterocycles. The second-order valence-corrected chi connectivity index (χ2v) is 6.53. The number of nitrogens with one attached hydrogen (secondary N) is 1. The molecule has 1 N–H and O–H groups in total. The van der Waals surface area contributed by atoms with Crippen molar-refractivity contribution in [2.75, 3.05) is 23.9 Å². The van der Waals surface area contributed by atoms with Gasteiger partial charge >= 0.3 is 0 Å². The van der Waals surface area contributed by atoms with Crippen molar-refractivity contribution in [2.24, 2.45) is 0 Å². The van der Waals surface area contributed by atoms with Crippen LogP contribution in [0.15, 0.2) is 67.0 Å². The van der Waals surface area contributed by atoms with Crippen LogP contribution in [0.2, 0.25) is 0 Å². The topological polar surface area (TPSA) is 71.5 Å². The Morgan fingerprint density at radius 2 is 1.76 bits per heavy atom. The maximum atomic E-state index is 13.0. The summed E-state index contributed by atoms with van der Waals surface area (Å²) >= 11 is 0. The molecule has 0 fully saturated rings. The molecule has 0 saturated heterocycles. The predicted molar refractivity (Wildman–Crippen MR) is 114 cm³/mol. The van der Waals surface area contributed by atoms with Crippen molar-refractivity contribution in [1.82, 2.24) is 4.98 Å². The molecule has 0 atom stereocenters. The summed E-state index contributed by atoms with van der Waals surface area (Å²) in [6.45, 7) is 4.39. The van der Waals surface area contributed by atoms with Crippen molar-refractivity contribution in [2.45, 2.75) is 13.8 Å². The van der Waals surface area contributed by atoms with Crippen molar-refractivity contribution >= 4 is 23.2 Å². The fraction of sp³-hybridized carbons (Fsp3) is 0.174. The summed E-state index contributed by atoms with van der Waals surface area (Å²) in [5.74, 6) is 0.161. The molecule has 1 aromatic heterocycles. The Kier molecular flexibility index (Phi) is 6.24. The van der Waals surface area contributed by atoms with Gasteiger partial charge in [0.15, 0.2) is 0 Å². The van der Waals surface area contributed by atoms with Gasteiger partial charge in [-0.25, -0.2) is 0 Å². The summed E-state index contributed by atoms with van der Waals surface area (Å²) < 4.78 is 5.11. The molecule has 1 heterocycles. The molecule has 0 saturated carbocycles. The number of ether oxygens (including phenoxy) is 1. The highest BCUT2D eigenvalue weighted by molar-refractivity contribution is 6.09. The minimum Gasteiger partial charge on any atom is -0.497 e. The minimum atomic E-state index is -0.337. The van der Waals surface area contributed by atoms with E-state index < -0.39 is 0 Å². The average Bonchev–Trinajstić information content (AvgIpc) is 2.75. The van der Waals surface area contributed by atoms with Crippen LogP contribution in [0.4, 0.5) is 11.4 Å².